The summed E-state index contributed by atoms with van der Waals surface area (Å²) in [5.41, 5.74) is 3.63. The first kappa shape index (κ1) is 15.4. The van der Waals surface area contributed by atoms with Crippen molar-refractivity contribution in [3.8, 4) is 17.5 Å². The summed E-state index contributed by atoms with van der Waals surface area (Å²) in [6.45, 7) is 3.30. The molecule has 0 saturated carbocycles. The molecule has 25 heavy (non-hydrogen) atoms. The zero-order valence-electron chi connectivity index (χ0n) is 14.0. The van der Waals surface area contributed by atoms with Gasteiger partial charge in [0.15, 0.2) is 5.69 Å². The topological polar surface area (TPSA) is 71.9 Å². The van der Waals surface area contributed by atoms with E-state index in [-0.39, 0.29) is 0 Å². The van der Waals surface area contributed by atoms with Gasteiger partial charge < -0.3 is 4.74 Å². The molecule has 0 N–H and O–H groups in total. The number of fused-ring (bicyclic) bond motifs is 1. The van der Waals surface area contributed by atoms with Crippen molar-refractivity contribution < 1.29 is 4.74 Å². The minimum Gasteiger partial charge on any atom is -0.494 e. The van der Waals surface area contributed by atoms with Crippen LogP contribution >= 0.6 is 0 Å². The standard InChI is InChI=1S/C18H18N6O/c1-25-18-5-3-2-4-17(18)24-12-14(10-20-24)11-22-6-7-23-16(13-22)8-15(9-19)21-23/h2-5,8,10,12H,6-7,11,13H2,1H3. The second kappa shape index (κ2) is 6.42. The Kier molecular flexibility index (Phi) is 3.96. The third-order valence-corrected chi connectivity index (χ3v) is 4.37. The first-order valence-electron chi connectivity index (χ1n) is 8.13. The van der Waals surface area contributed by atoms with Crippen molar-refractivity contribution in [2.45, 2.75) is 19.6 Å². The summed E-state index contributed by atoms with van der Waals surface area (Å²) in [5, 5.41) is 17.7. The molecule has 0 saturated heterocycles. The number of rotatable bonds is 4. The molecule has 0 radical (unpaired) electrons. The second-order valence-corrected chi connectivity index (χ2v) is 6.03. The molecule has 126 valence electrons. The summed E-state index contributed by atoms with van der Waals surface area (Å²) in [5.74, 6) is 0.794. The van der Waals surface area contributed by atoms with Gasteiger partial charge in [-0.2, -0.15) is 15.5 Å². The maximum Gasteiger partial charge on any atom is 0.162 e. The van der Waals surface area contributed by atoms with E-state index in [1.807, 2.05) is 52.1 Å². The molecule has 0 unspecified atom stereocenters. The molecule has 0 bridgehead atoms. The zero-order chi connectivity index (χ0) is 17.2. The molecular formula is C18H18N6O. The number of benzene rings is 1. The first-order chi connectivity index (χ1) is 12.3. The molecule has 3 heterocycles. The molecule has 1 aliphatic rings. The molecule has 7 nitrogen and oxygen atoms in total. The van der Waals surface area contributed by atoms with Gasteiger partial charge in [-0.25, -0.2) is 4.68 Å². The van der Waals surface area contributed by atoms with Crippen LogP contribution in [0.3, 0.4) is 0 Å². The Morgan fingerprint density at radius 2 is 2.16 bits per heavy atom. The summed E-state index contributed by atoms with van der Waals surface area (Å²) in [6.07, 6.45) is 3.92. The summed E-state index contributed by atoms with van der Waals surface area (Å²) in [4.78, 5) is 2.34. The average molecular weight is 334 g/mol. The maximum atomic E-state index is 8.98. The molecule has 0 atom stereocenters. The molecule has 1 aliphatic heterocycles. The van der Waals surface area contributed by atoms with Crippen molar-refractivity contribution in [2.75, 3.05) is 13.7 Å². The van der Waals surface area contributed by atoms with Gasteiger partial charge in [-0.1, -0.05) is 12.1 Å². The molecule has 0 amide bonds. The van der Waals surface area contributed by atoms with Crippen molar-refractivity contribution in [2.24, 2.45) is 0 Å². The molecule has 2 aromatic heterocycles. The van der Waals surface area contributed by atoms with Crippen molar-refractivity contribution in [1.82, 2.24) is 24.5 Å². The number of aromatic nitrogens is 4. The van der Waals surface area contributed by atoms with Gasteiger partial charge in [0.05, 0.1) is 25.5 Å². The van der Waals surface area contributed by atoms with Gasteiger partial charge in [0.2, 0.25) is 0 Å². The van der Waals surface area contributed by atoms with E-state index in [1.165, 1.54) is 0 Å². The highest BCUT2D eigenvalue weighted by Gasteiger charge is 2.19. The van der Waals surface area contributed by atoms with E-state index < -0.39 is 0 Å². The van der Waals surface area contributed by atoms with E-state index in [0.717, 1.165) is 48.9 Å². The summed E-state index contributed by atoms with van der Waals surface area (Å²) < 4.78 is 9.17. The zero-order valence-corrected chi connectivity index (χ0v) is 14.0. The Labute approximate surface area is 145 Å². The number of methoxy groups -OCH3 is 1. The third kappa shape index (κ3) is 2.99. The summed E-state index contributed by atoms with van der Waals surface area (Å²) in [6, 6.07) is 11.8. The van der Waals surface area contributed by atoms with Crippen molar-refractivity contribution >= 4 is 0 Å². The van der Waals surface area contributed by atoms with E-state index in [0.29, 0.717) is 5.69 Å². The summed E-state index contributed by atoms with van der Waals surface area (Å²) in [7, 11) is 1.66. The molecular weight excluding hydrogens is 316 g/mol. The Bertz CT molecular complexity index is 935. The first-order valence-corrected chi connectivity index (χ1v) is 8.13. The lowest BCUT2D eigenvalue weighted by atomic mass is 10.2. The van der Waals surface area contributed by atoms with Crippen LogP contribution in [0.2, 0.25) is 0 Å². The number of nitrogens with zero attached hydrogens (tertiary/aromatic N) is 6. The Morgan fingerprint density at radius 1 is 1.28 bits per heavy atom. The van der Waals surface area contributed by atoms with Gasteiger partial charge in [-0.3, -0.25) is 9.58 Å². The van der Waals surface area contributed by atoms with Crippen LogP contribution in [0.1, 0.15) is 17.0 Å². The lowest BCUT2D eigenvalue weighted by Gasteiger charge is -2.26. The highest BCUT2D eigenvalue weighted by Crippen LogP contribution is 2.22. The van der Waals surface area contributed by atoms with Gasteiger partial charge in [0.25, 0.3) is 0 Å². The van der Waals surface area contributed by atoms with E-state index in [1.54, 1.807) is 7.11 Å². The normalized spacial score (nSPS) is 14.1. The lowest BCUT2D eigenvalue weighted by molar-refractivity contribution is 0.205. The van der Waals surface area contributed by atoms with Crippen LogP contribution in [0, 0.1) is 11.3 Å². The third-order valence-electron chi connectivity index (χ3n) is 4.37. The molecule has 0 fully saturated rings. The fourth-order valence-corrected chi connectivity index (χ4v) is 3.16. The molecule has 3 aromatic rings. The number of para-hydroxylation sites is 2. The fourth-order valence-electron chi connectivity index (χ4n) is 3.16. The van der Waals surface area contributed by atoms with Crippen LogP contribution in [-0.2, 0) is 19.6 Å². The molecule has 0 aliphatic carbocycles. The Morgan fingerprint density at radius 3 is 3.00 bits per heavy atom. The number of hydrogen-bond acceptors (Lipinski definition) is 5. The van der Waals surface area contributed by atoms with Crippen LogP contribution in [0.15, 0.2) is 42.7 Å². The van der Waals surface area contributed by atoms with Crippen LogP contribution in [0.5, 0.6) is 5.75 Å². The minimum absolute atomic E-state index is 0.487. The maximum absolute atomic E-state index is 8.98. The van der Waals surface area contributed by atoms with Gasteiger partial charge in [-0.15, -0.1) is 0 Å². The Hall–Kier alpha value is -3.11. The highest BCUT2D eigenvalue weighted by molar-refractivity contribution is 5.46. The van der Waals surface area contributed by atoms with Crippen molar-refractivity contribution in [3.05, 3.63) is 59.7 Å². The highest BCUT2D eigenvalue weighted by atomic mass is 16.5. The summed E-state index contributed by atoms with van der Waals surface area (Å²) >= 11 is 0. The number of hydrogen-bond donors (Lipinski definition) is 0. The van der Waals surface area contributed by atoms with E-state index >= 15 is 0 Å². The van der Waals surface area contributed by atoms with Crippen LogP contribution in [-0.4, -0.2) is 38.1 Å². The van der Waals surface area contributed by atoms with Crippen molar-refractivity contribution in [3.63, 3.8) is 0 Å². The average Bonchev–Trinajstić information content (AvgIpc) is 3.27. The largest absolute Gasteiger partial charge is 0.494 e. The van der Waals surface area contributed by atoms with Crippen LogP contribution in [0.25, 0.3) is 5.69 Å². The molecule has 4 rings (SSSR count). The predicted octanol–water partition coefficient (Wildman–Crippen LogP) is 1.96. The number of nitriles is 1. The fraction of sp³-hybridized carbons (Fsp3) is 0.278. The smallest absolute Gasteiger partial charge is 0.162 e. The minimum atomic E-state index is 0.487. The molecule has 7 heteroatoms. The van der Waals surface area contributed by atoms with E-state index in [4.69, 9.17) is 10.00 Å². The molecule has 0 spiro atoms. The van der Waals surface area contributed by atoms with E-state index in [2.05, 4.69) is 21.2 Å². The van der Waals surface area contributed by atoms with Gasteiger partial charge in [0.1, 0.15) is 17.5 Å². The SMILES string of the molecule is COc1ccccc1-n1cc(CN2CCn3nc(C#N)cc3C2)cn1. The van der Waals surface area contributed by atoms with Crippen molar-refractivity contribution in [1.29, 1.82) is 5.26 Å². The lowest BCUT2D eigenvalue weighted by Crippen LogP contribution is -2.33. The number of ether oxygens (including phenoxy) is 1. The van der Waals surface area contributed by atoms with Gasteiger partial charge in [-0.05, 0) is 18.2 Å². The predicted molar refractivity (Wildman–Crippen MR) is 91.2 cm³/mol. The van der Waals surface area contributed by atoms with Crippen LogP contribution < -0.4 is 4.74 Å². The monoisotopic (exact) mass is 334 g/mol. The Balaban J connectivity index is 1.49. The van der Waals surface area contributed by atoms with Crippen LogP contribution in [0.4, 0.5) is 0 Å². The second-order valence-electron chi connectivity index (χ2n) is 6.03. The quantitative estimate of drug-likeness (QED) is 0.729. The van der Waals surface area contributed by atoms with Gasteiger partial charge >= 0.3 is 0 Å². The molecule has 1 aromatic carbocycles. The van der Waals surface area contributed by atoms with E-state index in [9.17, 15) is 0 Å². The van der Waals surface area contributed by atoms with Gasteiger partial charge in [0, 0.05) is 31.4 Å².